The van der Waals surface area contributed by atoms with E-state index in [-0.39, 0.29) is 16.1 Å². The van der Waals surface area contributed by atoms with E-state index in [0.29, 0.717) is 23.4 Å². The smallest absolute Gasteiger partial charge is 0.281 e. The number of pyridine rings is 3. The van der Waals surface area contributed by atoms with Crippen LogP contribution in [-0.4, -0.2) is 41.4 Å². The van der Waals surface area contributed by atoms with E-state index in [4.69, 9.17) is 0 Å². The Morgan fingerprint density at radius 2 is 1.86 bits per heavy atom. The highest BCUT2D eigenvalue weighted by Crippen LogP contribution is 2.38. The van der Waals surface area contributed by atoms with E-state index < -0.39 is 15.9 Å². The number of nitrogens with one attached hydrogen (secondary N) is 2. The van der Waals surface area contributed by atoms with Crippen LogP contribution in [-0.2, 0) is 10.0 Å². The van der Waals surface area contributed by atoms with Crippen molar-refractivity contribution in [2.75, 3.05) is 16.8 Å². The highest BCUT2D eigenvalue weighted by Gasteiger charge is 2.40. The van der Waals surface area contributed by atoms with Gasteiger partial charge in [0.05, 0.1) is 5.56 Å². The molecule has 35 heavy (non-hydrogen) atoms. The highest BCUT2D eigenvalue weighted by molar-refractivity contribution is 7.90. The van der Waals surface area contributed by atoms with Crippen LogP contribution in [0.4, 0.5) is 17.5 Å². The number of carbonyl (C=O) groups excluding carboxylic acids is 1. The van der Waals surface area contributed by atoms with Gasteiger partial charge in [-0.2, -0.15) is 8.42 Å². The summed E-state index contributed by atoms with van der Waals surface area (Å²) in [6, 6.07) is 11.5. The van der Waals surface area contributed by atoms with Gasteiger partial charge in [0, 0.05) is 24.0 Å². The number of aryl methyl sites for hydroxylation is 2. The van der Waals surface area contributed by atoms with Gasteiger partial charge in [-0.1, -0.05) is 13.0 Å². The predicted octanol–water partition coefficient (Wildman–Crippen LogP) is 3.98. The van der Waals surface area contributed by atoms with Crippen molar-refractivity contribution in [2.45, 2.75) is 51.6 Å². The Balaban J connectivity index is 1.58. The Bertz CT molecular complexity index is 1350. The SMILES string of the molecule is Cc1cc(C)nc(Nc2cccc(S(=O)(=O)NC(=O)c3cccnc3N3CCC(C)C3(C)C)n2)c1. The number of aromatic nitrogens is 3. The molecule has 0 aliphatic carbocycles. The molecule has 1 aliphatic rings. The first kappa shape index (κ1) is 24.6. The maximum absolute atomic E-state index is 13.1. The molecule has 4 rings (SSSR count). The molecule has 1 unspecified atom stereocenters. The number of rotatable bonds is 6. The van der Waals surface area contributed by atoms with Crippen LogP contribution < -0.4 is 14.9 Å². The predicted molar refractivity (Wildman–Crippen MR) is 135 cm³/mol. The van der Waals surface area contributed by atoms with Crippen LogP contribution in [0.15, 0.2) is 53.7 Å². The van der Waals surface area contributed by atoms with Gasteiger partial charge >= 0.3 is 0 Å². The third kappa shape index (κ3) is 5.12. The third-order valence-corrected chi connectivity index (χ3v) is 7.79. The van der Waals surface area contributed by atoms with Crippen molar-refractivity contribution in [2.24, 2.45) is 5.92 Å². The van der Waals surface area contributed by atoms with Crippen LogP contribution in [0.1, 0.15) is 48.8 Å². The lowest BCUT2D eigenvalue weighted by molar-refractivity contribution is 0.0981. The van der Waals surface area contributed by atoms with Gasteiger partial charge in [-0.15, -0.1) is 0 Å². The standard InChI is InChI=1S/C25H30N6O3S/c1-16-14-18(3)27-21(15-16)28-20-9-6-10-22(29-20)35(33,34)30-24(32)19-8-7-12-26-23(19)31-13-11-17(2)25(31,4)5/h6-10,12,14-15,17H,11,13H2,1-5H3,(H,30,32)(H,27,28,29). The number of amides is 1. The molecule has 0 radical (unpaired) electrons. The van der Waals surface area contributed by atoms with Crippen LogP contribution in [0.2, 0.25) is 0 Å². The van der Waals surface area contributed by atoms with E-state index in [1.54, 1.807) is 30.5 Å². The molecular formula is C25H30N6O3S. The van der Waals surface area contributed by atoms with Crippen LogP contribution in [0.3, 0.4) is 0 Å². The van der Waals surface area contributed by atoms with Gasteiger partial charge in [-0.3, -0.25) is 4.79 Å². The molecule has 0 spiro atoms. The maximum Gasteiger partial charge on any atom is 0.281 e. The molecule has 0 saturated carbocycles. The number of hydrogen-bond donors (Lipinski definition) is 2. The first-order valence-corrected chi connectivity index (χ1v) is 12.9. The maximum atomic E-state index is 13.1. The molecule has 1 amide bonds. The Morgan fingerprint density at radius 1 is 1.09 bits per heavy atom. The fourth-order valence-electron chi connectivity index (χ4n) is 4.30. The van der Waals surface area contributed by atoms with Crippen LogP contribution in [0.5, 0.6) is 0 Å². The summed E-state index contributed by atoms with van der Waals surface area (Å²) in [6.45, 7) is 10.9. The third-order valence-electron chi connectivity index (χ3n) is 6.55. The Hall–Kier alpha value is -3.53. The molecule has 184 valence electrons. The molecule has 2 N–H and O–H groups in total. The molecule has 0 bridgehead atoms. The van der Waals surface area contributed by atoms with Gasteiger partial charge in [0.15, 0.2) is 5.03 Å². The van der Waals surface area contributed by atoms with Gasteiger partial charge in [0.1, 0.15) is 17.5 Å². The monoisotopic (exact) mass is 494 g/mol. The quantitative estimate of drug-likeness (QED) is 0.529. The summed E-state index contributed by atoms with van der Waals surface area (Å²) < 4.78 is 28.3. The second-order valence-electron chi connectivity index (χ2n) is 9.46. The highest BCUT2D eigenvalue weighted by atomic mass is 32.2. The van der Waals surface area contributed by atoms with E-state index in [9.17, 15) is 13.2 Å². The van der Waals surface area contributed by atoms with Crippen molar-refractivity contribution >= 4 is 33.4 Å². The second-order valence-corrected chi connectivity index (χ2v) is 11.1. The van der Waals surface area contributed by atoms with Crippen molar-refractivity contribution in [1.82, 2.24) is 19.7 Å². The number of sulfonamides is 1. The molecule has 9 nitrogen and oxygen atoms in total. The fraction of sp³-hybridized carbons (Fsp3) is 0.360. The minimum Gasteiger partial charge on any atom is -0.351 e. The van der Waals surface area contributed by atoms with E-state index in [1.165, 1.54) is 6.07 Å². The lowest BCUT2D eigenvalue weighted by Gasteiger charge is -2.36. The van der Waals surface area contributed by atoms with Gasteiger partial charge < -0.3 is 10.2 Å². The Kier molecular flexibility index (Phi) is 6.50. The van der Waals surface area contributed by atoms with Crippen LogP contribution >= 0.6 is 0 Å². The average Bonchev–Trinajstić information content (AvgIpc) is 3.05. The van der Waals surface area contributed by atoms with E-state index in [2.05, 4.69) is 50.7 Å². The molecule has 0 aromatic carbocycles. The van der Waals surface area contributed by atoms with E-state index in [0.717, 1.165) is 24.2 Å². The van der Waals surface area contributed by atoms with Crippen molar-refractivity contribution in [3.05, 3.63) is 65.5 Å². The molecule has 1 atom stereocenters. The molecule has 1 fully saturated rings. The van der Waals surface area contributed by atoms with Crippen molar-refractivity contribution in [1.29, 1.82) is 0 Å². The van der Waals surface area contributed by atoms with Gasteiger partial charge in [0.2, 0.25) is 0 Å². The summed E-state index contributed by atoms with van der Waals surface area (Å²) in [5.74, 6) is 0.970. The summed E-state index contributed by atoms with van der Waals surface area (Å²) in [5.41, 5.74) is 1.82. The summed E-state index contributed by atoms with van der Waals surface area (Å²) >= 11 is 0. The normalized spacial score (nSPS) is 17.3. The summed E-state index contributed by atoms with van der Waals surface area (Å²) in [5, 5.41) is 2.75. The van der Waals surface area contributed by atoms with Gasteiger partial charge in [-0.05, 0) is 82.0 Å². The second kappa shape index (κ2) is 9.26. The minimum atomic E-state index is -4.24. The van der Waals surface area contributed by atoms with Gasteiger partial charge in [-0.25, -0.2) is 19.7 Å². The zero-order valence-electron chi connectivity index (χ0n) is 20.5. The minimum absolute atomic E-state index is 0.201. The molecule has 3 aromatic heterocycles. The molecule has 3 aromatic rings. The number of nitrogens with zero attached hydrogens (tertiary/aromatic N) is 4. The van der Waals surface area contributed by atoms with Crippen LogP contribution in [0.25, 0.3) is 0 Å². The fourth-order valence-corrected chi connectivity index (χ4v) is 5.23. The Labute approximate surface area is 206 Å². The van der Waals surface area contributed by atoms with Gasteiger partial charge in [0.25, 0.3) is 15.9 Å². The van der Waals surface area contributed by atoms with E-state index in [1.807, 2.05) is 26.0 Å². The molecule has 1 saturated heterocycles. The topological polar surface area (TPSA) is 117 Å². The molecule has 1 aliphatic heterocycles. The lowest BCUT2D eigenvalue weighted by Crippen LogP contribution is -2.43. The Morgan fingerprint density at radius 3 is 2.54 bits per heavy atom. The largest absolute Gasteiger partial charge is 0.351 e. The summed E-state index contributed by atoms with van der Waals surface area (Å²) in [7, 11) is -4.24. The zero-order valence-corrected chi connectivity index (χ0v) is 21.3. The molecular weight excluding hydrogens is 464 g/mol. The number of carbonyl (C=O) groups is 1. The van der Waals surface area contributed by atoms with Crippen molar-refractivity contribution in [3.8, 4) is 0 Å². The average molecular weight is 495 g/mol. The number of anilines is 3. The first-order valence-electron chi connectivity index (χ1n) is 11.5. The zero-order chi connectivity index (χ0) is 25.4. The van der Waals surface area contributed by atoms with Crippen LogP contribution in [0, 0.1) is 19.8 Å². The summed E-state index contributed by atoms with van der Waals surface area (Å²) in [4.78, 5) is 28.2. The lowest BCUT2D eigenvalue weighted by atomic mass is 9.90. The summed E-state index contributed by atoms with van der Waals surface area (Å²) in [6.07, 6.45) is 2.57. The number of hydrogen-bond acceptors (Lipinski definition) is 8. The van der Waals surface area contributed by atoms with Crippen molar-refractivity contribution in [3.63, 3.8) is 0 Å². The first-order chi connectivity index (χ1) is 16.5. The molecule has 10 heteroatoms. The van der Waals surface area contributed by atoms with Crippen molar-refractivity contribution < 1.29 is 13.2 Å². The molecule has 4 heterocycles. The van der Waals surface area contributed by atoms with E-state index >= 15 is 0 Å².